The van der Waals surface area contributed by atoms with Crippen molar-refractivity contribution in [2.75, 3.05) is 41.0 Å². The van der Waals surface area contributed by atoms with Gasteiger partial charge in [0.1, 0.15) is 12.6 Å². The first kappa shape index (κ1) is 56.1. The number of allylic oxidation sites excluding steroid dienone is 2. The predicted molar refractivity (Wildman–Crippen MR) is 241 cm³/mol. The summed E-state index contributed by atoms with van der Waals surface area (Å²) < 4.78 is 17.2. The number of carbonyl (C=O) groups is 3. The second-order valence-corrected chi connectivity index (χ2v) is 18.1. The molecule has 0 heterocycles. The number of esters is 2. The maximum Gasteiger partial charge on any atom is 0.306 e. The molecule has 0 aliphatic carbocycles. The molecule has 0 bridgehead atoms. The molecular formula is C50H95NO7. The van der Waals surface area contributed by atoms with E-state index in [9.17, 15) is 19.5 Å². The molecule has 2 unspecified atom stereocenters. The first-order chi connectivity index (χ1) is 28.1. The Balaban J connectivity index is 4.21. The number of hydrogen-bond acceptors (Lipinski definition) is 7. The first-order valence-electron chi connectivity index (χ1n) is 24.7. The van der Waals surface area contributed by atoms with Crippen LogP contribution in [0.3, 0.4) is 0 Å². The maximum absolute atomic E-state index is 12.8. The zero-order valence-corrected chi connectivity index (χ0v) is 39.0. The number of likely N-dealkylation sites (N-methyl/N-ethyl adjacent to an activating group) is 1. The molecule has 0 aliphatic rings. The minimum atomic E-state index is -1.12. The van der Waals surface area contributed by atoms with Crippen LogP contribution in [0.5, 0.6) is 0 Å². The van der Waals surface area contributed by atoms with E-state index >= 15 is 0 Å². The Hall–Kier alpha value is -1.93. The fraction of sp³-hybridized carbons (Fsp3) is 0.900. The molecule has 0 aromatic heterocycles. The SMILES string of the molecule is CCCCCCCCCC/C=C\CCCCCCCCCCCC(=O)OC(COCCC(C(=O)[O-])[N+](C)(C)C)COC(=O)CCCCCCCCCCCCCCC. The summed E-state index contributed by atoms with van der Waals surface area (Å²) in [5, 5.41) is 11.6. The standard InChI is InChI=1S/C50H95NO7/c1-6-8-10-12-14-16-18-20-21-22-23-24-25-26-27-29-31-33-35-37-39-41-49(53)58-46(44-56-43-42-47(50(54)55)51(3,4)5)45-57-48(52)40-38-36-34-32-30-28-19-17-15-13-11-9-7-2/h22-23,46-47H,6-21,24-45H2,1-5H3/b23-22-. The monoisotopic (exact) mass is 822 g/mol. The minimum absolute atomic E-state index is 0.0459. The van der Waals surface area contributed by atoms with Crippen LogP contribution in [0.4, 0.5) is 0 Å². The highest BCUT2D eigenvalue weighted by Gasteiger charge is 2.25. The van der Waals surface area contributed by atoms with Crippen molar-refractivity contribution < 1.29 is 38.2 Å². The molecule has 0 spiro atoms. The fourth-order valence-corrected chi connectivity index (χ4v) is 7.54. The normalized spacial score (nSPS) is 12.9. The average molecular weight is 822 g/mol. The van der Waals surface area contributed by atoms with Crippen LogP contribution in [0, 0.1) is 0 Å². The van der Waals surface area contributed by atoms with Crippen LogP contribution in [0.15, 0.2) is 12.2 Å². The topological polar surface area (TPSA) is 102 Å². The summed E-state index contributed by atoms with van der Waals surface area (Å²) in [6.45, 7) is 4.69. The van der Waals surface area contributed by atoms with Gasteiger partial charge in [0.25, 0.3) is 0 Å². The summed E-state index contributed by atoms with van der Waals surface area (Å²) in [7, 11) is 5.42. The number of rotatable bonds is 45. The third-order valence-electron chi connectivity index (χ3n) is 11.4. The van der Waals surface area contributed by atoms with E-state index in [1.54, 1.807) is 21.1 Å². The van der Waals surface area contributed by atoms with Crippen molar-refractivity contribution in [2.24, 2.45) is 0 Å². The highest BCUT2D eigenvalue weighted by Crippen LogP contribution is 2.16. The zero-order chi connectivity index (χ0) is 42.8. The molecule has 8 heteroatoms. The van der Waals surface area contributed by atoms with Crippen LogP contribution in [0.25, 0.3) is 0 Å². The number of carbonyl (C=O) groups excluding carboxylic acids is 3. The molecule has 0 saturated heterocycles. The van der Waals surface area contributed by atoms with Crippen molar-refractivity contribution >= 4 is 17.9 Å². The first-order valence-corrected chi connectivity index (χ1v) is 24.7. The van der Waals surface area contributed by atoms with Crippen molar-refractivity contribution in [1.29, 1.82) is 0 Å². The lowest BCUT2D eigenvalue weighted by atomic mass is 10.0. The van der Waals surface area contributed by atoms with Crippen LogP contribution in [-0.4, -0.2) is 75.5 Å². The van der Waals surface area contributed by atoms with Gasteiger partial charge >= 0.3 is 11.9 Å². The summed E-state index contributed by atoms with van der Waals surface area (Å²) in [6, 6.07) is -0.722. The number of carboxylic acid groups (broad SMARTS) is 1. The zero-order valence-electron chi connectivity index (χ0n) is 39.0. The average Bonchev–Trinajstić information content (AvgIpc) is 3.18. The number of ether oxygens (including phenoxy) is 3. The van der Waals surface area contributed by atoms with Gasteiger partial charge in [-0.1, -0.05) is 193 Å². The van der Waals surface area contributed by atoms with Crippen LogP contribution >= 0.6 is 0 Å². The third kappa shape index (κ3) is 39.5. The molecule has 0 fully saturated rings. The number of nitrogens with zero attached hydrogens (tertiary/aromatic N) is 1. The van der Waals surface area contributed by atoms with Gasteiger partial charge in [-0.15, -0.1) is 0 Å². The van der Waals surface area contributed by atoms with E-state index in [0.717, 1.165) is 38.5 Å². The maximum atomic E-state index is 12.8. The molecule has 342 valence electrons. The molecule has 0 rings (SSSR count). The summed E-state index contributed by atoms with van der Waals surface area (Å²) in [6.07, 6.45) is 45.2. The Morgan fingerprint density at radius 2 is 0.862 bits per heavy atom. The lowest BCUT2D eigenvalue weighted by molar-refractivity contribution is -0.889. The van der Waals surface area contributed by atoms with Gasteiger partial charge in [-0.05, 0) is 38.5 Å². The lowest BCUT2D eigenvalue weighted by Gasteiger charge is -2.34. The van der Waals surface area contributed by atoms with Crippen molar-refractivity contribution in [1.82, 2.24) is 0 Å². The Kier molecular flexibility index (Phi) is 40.4. The van der Waals surface area contributed by atoms with Gasteiger partial charge in [0.05, 0.1) is 40.3 Å². The lowest BCUT2D eigenvalue weighted by Crippen LogP contribution is -2.55. The third-order valence-corrected chi connectivity index (χ3v) is 11.4. The van der Waals surface area contributed by atoms with Crippen molar-refractivity contribution in [2.45, 2.75) is 251 Å². The molecule has 0 aromatic carbocycles. The van der Waals surface area contributed by atoms with E-state index in [1.807, 2.05) is 0 Å². The van der Waals surface area contributed by atoms with Gasteiger partial charge in [0.2, 0.25) is 0 Å². The Bertz CT molecular complexity index is 962. The van der Waals surface area contributed by atoms with Gasteiger partial charge in [0.15, 0.2) is 6.10 Å². The Morgan fingerprint density at radius 1 is 0.500 bits per heavy atom. The summed E-state index contributed by atoms with van der Waals surface area (Å²) in [5.74, 6) is -1.72. The molecule has 0 amide bonds. The molecule has 0 aliphatic heterocycles. The highest BCUT2D eigenvalue weighted by molar-refractivity contribution is 5.70. The molecule has 2 atom stereocenters. The van der Waals surface area contributed by atoms with Crippen LogP contribution in [-0.2, 0) is 28.6 Å². The largest absolute Gasteiger partial charge is 0.544 e. The van der Waals surface area contributed by atoms with Crippen LogP contribution in [0.1, 0.15) is 239 Å². The Morgan fingerprint density at radius 3 is 1.24 bits per heavy atom. The second-order valence-electron chi connectivity index (χ2n) is 18.1. The molecule has 8 nitrogen and oxygen atoms in total. The number of aliphatic carboxylic acids is 1. The molecule has 0 radical (unpaired) electrons. The number of quaternary nitrogens is 1. The van der Waals surface area contributed by atoms with Crippen LogP contribution < -0.4 is 5.11 Å². The van der Waals surface area contributed by atoms with Gasteiger partial charge < -0.3 is 28.6 Å². The summed E-state index contributed by atoms with van der Waals surface area (Å²) in [4.78, 5) is 36.9. The fourth-order valence-electron chi connectivity index (χ4n) is 7.54. The van der Waals surface area contributed by atoms with Gasteiger partial charge in [-0.2, -0.15) is 0 Å². The van der Waals surface area contributed by atoms with E-state index in [0.29, 0.717) is 12.8 Å². The van der Waals surface area contributed by atoms with Crippen molar-refractivity contribution in [3.63, 3.8) is 0 Å². The quantitative estimate of drug-likeness (QED) is 0.0261. The van der Waals surface area contributed by atoms with Crippen molar-refractivity contribution in [3.8, 4) is 0 Å². The smallest absolute Gasteiger partial charge is 0.306 e. The predicted octanol–water partition coefficient (Wildman–Crippen LogP) is 12.5. The van der Waals surface area contributed by atoms with E-state index in [4.69, 9.17) is 14.2 Å². The summed E-state index contributed by atoms with van der Waals surface area (Å²) >= 11 is 0. The minimum Gasteiger partial charge on any atom is -0.544 e. The van der Waals surface area contributed by atoms with E-state index in [1.165, 1.54) is 167 Å². The number of unbranched alkanes of at least 4 members (excludes halogenated alkanes) is 29. The van der Waals surface area contributed by atoms with Crippen molar-refractivity contribution in [3.05, 3.63) is 12.2 Å². The molecule has 58 heavy (non-hydrogen) atoms. The Labute approximate surface area is 359 Å². The van der Waals surface area contributed by atoms with Gasteiger partial charge in [-0.3, -0.25) is 9.59 Å². The highest BCUT2D eigenvalue weighted by atomic mass is 16.6. The van der Waals surface area contributed by atoms with E-state index in [2.05, 4.69) is 26.0 Å². The molecule has 0 saturated carbocycles. The second kappa shape index (κ2) is 41.8. The molecular weight excluding hydrogens is 727 g/mol. The van der Waals surface area contributed by atoms with Gasteiger partial charge in [-0.25, -0.2) is 0 Å². The number of hydrogen-bond donors (Lipinski definition) is 0. The molecule has 0 aromatic rings. The van der Waals surface area contributed by atoms with Gasteiger partial charge in [0, 0.05) is 19.3 Å². The van der Waals surface area contributed by atoms with Crippen LogP contribution in [0.2, 0.25) is 0 Å². The summed E-state index contributed by atoms with van der Waals surface area (Å²) in [5.41, 5.74) is 0. The molecule has 0 N–H and O–H groups in total. The van der Waals surface area contributed by atoms with E-state index in [-0.39, 0.29) is 42.7 Å². The van der Waals surface area contributed by atoms with E-state index < -0.39 is 18.1 Å². The number of carboxylic acids is 1.